The fraction of sp³-hybridized carbons (Fsp3) is 0.562. The zero-order valence-corrected chi connectivity index (χ0v) is 12.4. The van der Waals surface area contributed by atoms with Crippen molar-refractivity contribution in [2.75, 3.05) is 13.1 Å². The Morgan fingerprint density at radius 1 is 1.26 bits per heavy atom. The van der Waals surface area contributed by atoms with Crippen LogP contribution in [0.5, 0.6) is 0 Å². The monoisotopic (exact) mass is 263 g/mol. The van der Waals surface area contributed by atoms with Crippen LogP contribution >= 0.6 is 0 Å². The Kier molecular flexibility index (Phi) is 5.55. The molecule has 0 saturated heterocycles. The Balaban J connectivity index is 2.30. The summed E-state index contributed by atoms with van der Waals surface area (Å²) in [6.07, 6.45) is 1.63. The normalized spacial score (nSPS) is 11.6. The second-order valence-corrected chi connectivity index (χ2v) is 5.87. The van der Waals surface area contributed by atoms with Crippen molar-refractivity contribution in [3.05, 3.63) is 34.9 Å². The van der Waals surface area contributed by atoms with Crippen LogP contribution in [-0.2, 0) is 11.2 Å². The van der Waals surface area contributed by atoms with Crippen molar-refractivity contribution in [2.24, 2.45) is 5.41 Å². The lowest BCUT2D eigenvalue weighted by Crippen LogP contribution is -2.29. The Labute approximate surface area is 116 Å². The van der Waals surface area contributed by atoms with Gasteiger partial charge in [-0.3, -0.25) is 4.79 Å². The lowest BCUT2D eigenvalue weighted by atomic mass is 9.90. The van der Waals surface area contributed by atoms with Crippen molar-refractivity contribution in [3.8, 4) is 0 Å². The van der Waals surface area contributed by atoms with Gasteiger partial charge < -0.3 is 10.4 Å². The van der Waals surface area contributed by atoms with Crippen molar-refractivity contribution in [1.82, 2.24) is 5.32 Å². The molecule has 0 fully saturated rings. The number of hydrogen-bond acceptors (Lipinski definition) is 2. The second-order valence-electron chi connectivity index (χ2n) is 5.87. The first-order chi connectivity index (χ1) is 8.83. The fourth-order valence-corrected chi connectivity index (χ4v) is 1.98. The van der Waals surface area contributed by atoms with E-state index in [1.54, 1.807) is 13.8 Å². The summed E-state index contributed by atoms with van der Waals surface area (Å²) in [7, 11) is 0. The van der Waals surface area contributed by atoms with E-state index in [-0.39, 0.29) is 0 Å². The summed E-state index contributed by atoms with van der Waals surface area (Å²) in [6.45, 7) is 9.39. The predicted octanol–water partition coefficient (Wildman–Crippen LogP) is 2.94. The topological polar surface area (TPSA) is 49.3 Å². The number of carboxylic acid groups (broad SMARTS) is 1. The van der Waals surface area contributed by atoms with E-state index in [0.717, 1.165) is 19.5 Å². The van der Waals surface area contributed by atoms with Crippen LogP contribution in [0.3, 0.4) is 0 Å². The summed E-state index contributed by atoms with van der Waals surface area (Å²) >= 11 is 0. The van der Waals surface area contributed by atoms with E-state index in [0.29, 0.717) is 6.42 Å². The molecule has 0 aliphatic heterocycles. The van der Waals surface area contributed by atoms with Gasteiger partial charge in [0.05, 0.1) is 5.41 Å². The van der Waals surface area contributed by atoms with Crippen LogP contribution in [-0.4, -0.2) is 24.2 Å². The Morgan fingerprint density at radius 2 is 1.95 bits per heavy atom. The summed E-state index contributed by atoms with van der Waals surface area (Å²) < 4.78 is 0. The molecule has 0 saturated carbocycles. The third-order valence-corrected chi connectivity index (χ3v) is 3.57. The molecule has 3 heteroatoms. The van der Waals surface area contributed by atoms with Gasteiger partial charge in [0.25, 0.3) is 0 Å². The highest BCUT2D eigenvalue weighted by molar-refractivity contribution is 5.73. The maximum atomic E-state index is 11.0. The first-order valence-corrected chi connectivity index (χ1v) is 6.83. The quantitative estimate of drug-likeness (QED) is 0.744. The van der Waals surface area contributed by atoms with Crippen LogP contribution in [0.1, 0.15) is 37.0 Å². The van der Waals surface area contributed by atoms with Crippen LogP contribution in [0.15, 0.2) is 18.2 Å². The van der Waals surface area contributed by atoms with Gasteiger partial charge in [-0.25, -0.2) is 0 Å². The lowest BCUT2D eigenvalue weighted by Gasteiger charge is -2.19. The van der Waals surface area contributed by atoms with Crippen molar-refractivity contribution in [1.29, 1.82) is 0 Å². The van der Waals surface area contributed by atoms with Gasteiger partial charge >= 0.3 is 5.97 Å². The minimum atomic E-state index is -0.733. The maximum absolute atomic E-state index is 11.0. The molecule has 0 bridgehead atoms. The minimum Gasteiger partial charge on any atom is -0.481 e. The minimum absolute atomic E-state index is 0.646. The standard InChI is InChI=1S/C16H25NO2/c1-12-5-6-14(13(2)11-12)7-9-17-10-8-16(3,4)15(18)19/h5-6,11,17H,7-10H2,1-4H3,(H,18,19). The molecular formula is C16H25NO2. The van der Waals surface area contributed by atoms with Gasteiger partial charge in [-0.2, -0.15) is 0 Å². The van der Waals surface area contributed by atoms with Gasteiger partial charge in [-0.1, -0.05) is 23.8 Å². The van der Waals surface area contributed by atoms with Crippen molar-refractivity contribution < 1.29 is 9.90 Å². The van der Waals surface area contributed by atoms with E-state index in [2.05, 4.69) is 37.4 Å². The molecule has 19 heavy (non-hydrogen) atoms. The molecule has 0 aromatic heterocycles. The van der Waals surface area contributed by atoms with E-state index in [9.17, 15) is 4.79 Å². The van der Waals surface area contributed by atoms with Crippen molar-refractivity contribution in [2.45, 2.75) is 40.5 Å². The molecule has 0 unspecified atom stereocenters. The van der Waals surface area contributed by atoms with Gasteiger partial charge in [0, 0.05) is 0 Å². The third kappa shape index (κ3) is 5.03. The molecule has 1 aromatic carbocycles. The molecule has 2 N–H and O–H groups in total. The number of carbonyl (C=O) groups is 1. The number of rotatable bonds is 7. The van der Waals surface area contributed by atoms with Crippen LogP contribution in [0.25, 0.3) is 0 Å². The van der Waals surface area contributed by atoms with E-state index in [1.807, 2.05) is 0 Å². The van der Waals surface area contributed by atoms with Crippen LogP contribution in [0.2, 0.25) is 0 Å². The first kappa shape index (κ1) is 15.7. The number of nitrogens with one attached hydrogen (secondary N) is 1. The highest BCUT2D eigenvalue weighted by atomic mass is 16.4. The summed E-state index contributed by atoms with van der Waals surface area (Å²) in [4.78, 5) is 11.0. The number of carboxylic acids is 1. The number of aryl methyl sites for hydroxylation is 2. The smallest absolute Gasteiger partial charge is 0.309 e. The zero-order chi connectivity index (χ0) is 14.5. The molecule has 1 aromatic rings. The average molecular weight is 263 g/mol. The molecule has 106 valence electrons. The third-order valence-electron chi connectivity index (χ3n) is 3.57. The fourth-order valence-electron chi connectivity index (χ4n) is 1.98. The summed E-state index contributed by atoms with van der Waals surface area (Å²) in [5.74, 6) is -0.733. The Morgan fingerprint density at radius 3 is 2.53 bits per heavy atom. The summed E-state index contributed by atoms with van der Waals surface area (Å²) in [5.41, 5.74) is 3.33. The molecule has 1 rings (SSSR count). The van der Waals surface area contributed by atoms with Crippen molar-refractivity contribution >= 4 is 5.97 Å². The van der Waals surface area contributed by atoms with E-state index < -0.39 is 11.4 Å². The first-order valence-electron chi connectivity index (χ1n) is 6.83. The summed E-state index contributed by atoms with van der Waals surface area (Å²) in [5, 5.41) is 12.3. The number of hydrogen-bond donors (Lipinski definition) is 2. The molecular weight excluding hydrogens is 238 g/mol. The largest absolute Gasteiger partial charge is 0.481 e. The Hall–Kier alpha value is -1.35. The van der Waals surface area contributed by atoms with Gasteiger partial charge in [-0.15, -0.1) is 0 Å². The second kappa shape index (κ2) is 6.71. The maximum Gasteiger partial charge on any atom is 0.309 e. The zero-order valence-electron chi connectivity index (χ0n) is 12.4. The number of benzene rings is 1. The molecule has 0 aliphatic carbocycles. The predicted molar refractivity (Wildman–Crippen MR) is 78.5 cm³/mol. The average Bonchev–Trinajstić information content (AvgIpc) is 2.31. The highest BCUT2D eigenvalue weighted by Gasteiger charge is 2.25. The molecule has 0 atom stereocenters. The molecule has 0 amide bonds. The molecule has 0 heterocycles. The van der Waals surface area contributed by atoms with E-state index >= 15 is 0 Å². The van der Waals surface area contributed by atoms with Crippen LogP contribution in [0, 0.1) is 19.3 Å². The number of aliphatic carboxylic acids is 1. The van der Waals surface area contributed by atoms with Gasteiger partial charge in [0.15, 0.2) is 0 Å². The molecule has 3 nitrogen and oxygen atoms in total. The SMILES string of the molecule is Cc1ccc(CCNCCC(C)(C)C(=O)O)c(C)c1. The molecule has 0 radical (unpaired) electrons. The van der Waals surface area contributed by atoms with E-state index in [1.165, 1.54) is 16.7 Å². The lowest BCUT2D eigenvalue weighted by molar-refractivity contribution is -0.147. The van der Waals surface area contributed by atoms with Gasteiger partial charge in [0.1, 0.15) is 0 Å². The van der Waals surface area contributed by atoms with Crippen molar-refractivity contribution in [3.63, 3.8) is 0 Å². The van der Waals surface area contributed by atoms with Crippen LogP contribution in [0.4, 0.5) is 0 Å². The molecule has 0 aliphatic rings. The van der Waals surface area contributed by atoms with Crippen LogP contribution < -0.4 is 5.32 Å². The van der Waals surface area contributed by atoms with Gasteiger partial charge in [-0.05, 0) is 64.8 Å². The van der Waals surface area contributed by atoms with Gasteiger partial charge in [0.2, 0.25) is 0 Å². The Bertz CT molecular complexity index is 438. The summed E-state index contributed by atoms with van der Waals surface area (Å²) in [6, 6.07) is 6.51. The van der Waals surface area contributed by atoms with E-state index in [4.69, 9.17) is 5.11 Å². The highest BCUT2D eigenvalue weighted by Crippen LogP contribution is 2.19. The molecule has 0 spiro atoms.